The second-order valence-corrected chi connectivity index (χ2v) is 8.12. The molecule has 0 fully saturated rings. The molecule has 5 rings (SSSR count). The molecule has 1 aliphatic rings. The van der Waals surface area contributed by atoms with Crippen molar-refractivity contribution in [1.29, 1.82) is 0 Å². The van der Waals surface area contributed by atoms with Crippen LogP contribution in [0, 0.1) is 0 Å². The van der Waals surface area contributed by atoms with Gasteiger partial charge in [0.25, 0.3) is 0 Å². The van der Waals surface area contributed by atoms with E-state index in [1.165, 1.54) is 0 Å². The second-order valence-electron chi connectivity index (χ2n) is 7.22. The normalized spacial score (nSPS) is 15.1. The van der Waals surface area contributed by atoms with Crippen LogP contribution in [0.4, 0.5) is 11.4 Å². The molecule has 1 heterocycles. The highest BCUT2D eigenvalue weighted by atomic mass is 32.2. The van der Waals surface area contributed by atoms with Gasteiger partial charge in [-0.2, -0.15) is 8.42 Å². The highest BCUT2D eigenvalue weighted by molar-refractivity contribution is 7.73. The Kier molecular flexibility index (Phi) is 4.69. The van der Waals surface area contributed by atoms with E-state index in [0.29, 0.717) is 4.86 Å². The Morgan fingerprint density at radius 2 is 1.23 bits per heavy atom. The lowest BCUT2D eigenvalue weighted by molar-refractivity contribution is 0.626. The molecular weight excluding hydrogens is 390 g/mol. The van der Waals surface area contributed by atoms with Crippen LogP contribution >= 0.6 is 0 Å². The Hall–Kier alpha value is -3.63. The monoisotopic (exact) mass is 409 g/mol. The van der Waals surface area contributed by atoms with Gasteiger partial charge in [-0.15, -0.1) is 0 Å². The first-order chi connectivity index (χ1) is 14.7. The molecular formula is C26H19NO2S. The number of benzene rings is 4. The van der Waals surface area contributed by atoms with E-state index in [2.05, 4.69) is 11.0 Å². The zero-order valence-corrected chi connectivity index (χ0v) is 17.0. The van der Waals surface area contributed by atoms with Gasteiger partial charge in [-0.25, -0.2) is 0 Å². The van der Waals surface area contributed by atoms with E-state index in [9.17, 15) is 8.42 Å². The third-order valence-electron chi connectivity index (χ3n) is 5.46. The number of hydrogen-bond donors (Lipinski definition) is 0. The van der Waals surface area contributed by atoms with E-state index in [-0.39, 0.29) is 0 Å². The van der Waals surface area contributed by atoms with Crippen LogP contribution in [0.2, 0.25) is 0 Å². The summed E-state index contributed by atoms with van der Waals surface area (Å²) in [4.78, 5) is 2.52. The average molecular weight is 410 g/mol. The maximum absolute atomic E-state index is 12.5. The Morgan fingerprint density at radius 1 is 0.633 bits per heavy atom. The average Bonchev–Trinajstić information content (AvgIpc) is 3.15. The molecule has 0 aliphatic carbocycles. The van der Waals surface area contributed by atoms with E-state index in [4.69, 9.17) is 0 Å². The highest BCUT2D eigenvalue weighted by Crippen LogP contribution is 2.46. The lowest BCUT2D eigenvalue weighted by Crippen LogP contribution is -2.24. The zero-order chi connectivity index (χ0) is 20.5. The van der Waals surface area contributed by atoms with Gasteiger partial charge in [0.2, 0.25) is 10.3 Å². The molecule has 146 valence electrons. The van der Waals surface area contributed by atoms with Crippen LogP contribution in [0.15, 0.2) is 109 Å². The molecule has 0 saturated carbocycles. The summed E-state index contributed by atoms with van der Waals surface area (Å²) in [5, 5.41) is 0. The number of hydrogen-bond acceptors (Lipinski definition) is 3. The van der Waals surface area contributed by atoms with Crippen LogP contribution in [0.3, 0.4) is 0 Å². The van der Waals surface area contributed by atoms with Crippen molar-refractivity contribution in [3.05, 3.63) is 120 Å². The minimum Gasteiger partial charge on any atom is -0.328 e. The summed E-state index contributed by atoms with van der Waals surface area (Å²) in [7, 11) is -2.37. The van der Waals surface area contributed by atoms with Gasteiger partial charge in [0.1, 0.15) is 4.86 Å². The summed E-state index contributed by atoms with van der Waals surface area (Å²) >= 11 is 0. The number of rotatable bonds is 3. The first-order valence-corrected chi connectivity index (χ1v) is 10.9. The standard InChI is InChI=1S/C26H19NO2S/c28-30(29)26-23-18-21(19-10-4-1-5-11-19)16-17-24(23)27(22-14-8-3-9-15-22)25(26)20-12-6-2-7-13-20/h1-18,25H. The van der Waals surface area contributed by atoms with E-state index < -0.39 is 16.3 Å². The number of nitrogens with zero attached hydrogens (tertiary/aromatic N) is 1. The van der Waals surface area contributed by atoms with Crippen molar-refractivity contribution in [2.24, 2.45) is 0 Å². The Labute approximate surface area is 177 Å². The molecule has 0 aromatic heterocycles. The summed E-state index contributed by atoms with van der Waals surface area (Å²) in [5.41, 5.74) is 5.61. The fraction of sp³-hybridized carbons (Fsp3) is 0.0385. The van der Waals surface area contributed by atoms with Crippen LogP contribution in [-0.4, -0.2) is 13.3 Å². The van der Waals surface area contributed by atoms with E-state index >= 15 is 0 Å². The predicted molar refractivity (Wildman–Crippen MR) is 123 cm³/mol. The molecule has 0 N–H and O–H groups in total. The Morgan fingerprint density at radius 3 is 1.87 bits per heavy atom. The molecule has 0 spiro atoms. The van der Waals surface area contributed by atoms with Gasteiger partial charge in [-0.1, -0.05) is 84.9 Å². The van der Waals surface area contributed by atoms with Crippen molar-refractivity contribution in [2.75, 3.05) is 4.90 Å². The fourth-order valence-corrected chi connectivity index (χ4v) is 4.92. The minimum absolute atomic E-state index is 0.401. The van der Waals surface area contributed by atoms with E-state index in [0.717, 1.165) is 33.6 Å². The van der Waals surface area contributed by atoms with Gasteiger partial charge in [0.15, 0.2) is 0 Å². The van der Waals surface area contributed by atoms with E-state index in [1.54, 1.807) is 0 Å². The predicted octanol–water partition coefficient (Wildman–Crippen LogP) is 5.65. The van der Waals surface area contributed by atoms with Crippen LogP contribution < -0.4 is 4.90 Å². The summed E-state index contributed by atoms with van der Waals surface area (Å²) in [6, 6.07) is 35.4. The molecule has 0 saturated heterocycles. The second kappa shape index (κ2) is 7.65. The largest absolute Gasteiger partial charge is 0.328 e. The van der Waals surface area contributed by atoms with Crippen molar-refractivity contribution >= 4 is 26.5 Å². The first-order valence-electron chi connectivity index (χ1n) is 9.79. The summed E-state index contributed by atoms with van der Waals surface area (Å²) in [6.45, 7) is 0. The molecule has 4 heteroatoms. The Bertz CT molecular complexity index is 1320. The van der Waals surface area contributed by atoms with Gasteiger partial charge in [0, 0.05) is 11.3 Å². The van der Waals surface area contributed by atoms with E-state index in [1.807, 2.05) is 103 Å². The fourth-order valence-electron chi connectivity index (χ4n) is 4.15. The summed E-state index contributed by atoms with van der Waals surface area (Å²) < 4.78 is 25.0. The minimum atomic E-state index is -2.37. The molecule has 4 aromatic carbocycles. The van der Waals surface area contributed by atoms with Crippen molar-refractivity contribution in [3.63, 3.8) is 0 Å². The van der Waals surface area contributed by atoms with Crippen LogP contribution in [0.1, 0.15) is 17.2 Å². The summed E-state index contributed by atoms with van der Waals surface area (Å²) in [5.74, 6) is 0. The molecule has 4 aromatic rings. The maximum Gasteiger partial charge on any atom is 0.220 e. The van der Waals surface area contributed by atoms with Crippen LogP contribution in [0.5, 0.6) is 0 Å². The molecule has 1 unspecified atom stereocenters. The highest BCUT2D eigenvalue weighted by Gasteiger charge is 2.38. The maximum atomic E-state index is 12.5. The number of para-hydroxylation sites is 1. The Balaban J connectivity index is 1.78. The number of anilines is 2. The quantitative estimate of drug-likeness (QED) is 0.411. The molecule has 1 atom stereocenters. The lowest BCUT2D eigenvalue weighted by Gasteiger charge is -2.27. The third kappa shape index (κ3) is 3.11. The molecule has 0 amide bonds. The summed E-state index contributed by atoms with van der Waals surface area (Å²) in [6.07, 6.45) is 0. The first kappa shape index (κ1) is 18.4. The number of fused-ring (bicyclic) bond motifs is 1. The topological polar surface area (TPSA) is 37.4 Å². The smallest absolute Gasteiger partial charge is 0.220 e. The van der Waals surface area contributed by atoms with Crippen molar-refractivity contribution < 1.29 is 8.42 Å². The van der Waals surface area contributed by atoms with Crippen molar-refractivity contribution in [1.82, 2.24) is 0 Å². The zero-order valence-electron chi connectivity index (χ0n) is 16.1. The van der Waals surface area contributed by atoms with Gasteiger partial charge < -0.3 is 4.90 Å². The third-order valence-corrected chi connectivity index (χ3v) is 6.27. The van der Waals surface area contributed by atoms with Gasteiger partial charge in [-0.05, 0) is 41.0 Å². The van der Waals surface area contributed by atoms with Crippen LogP contribution in [-0.2, 0) is 10.3 Å². The molecule has 0 radical (unpaired) electrons. The molecule has 0 bridgehead atoms. The van der Waals surface area contributed by atoms with Gasteiger partial charge in [0.05, 0.1) is 11.7 Å². The SMILES string of the molecule is O=S(=O)=C1c2cc(-c3ccccc3)ccc2N(c2ccccc2)C1c1ccccc1. The van der Waals surface area contributed by atoms with Gasteiger partial charge >= 0.3 is 0 Å². The lowest BCUT2D eigenvalue weighted by atomic mass is 9.99. The van der Waals surface area contributed by atoms with Crippen LogP contribution in [0.25, 0.3) is 11.1 Å². The van der Waals surface area contributed by atoms with Gasteiger partial charge in [-0.3, -0.25) is 0 Å². The van der Waals surface area contributed by atoms with Crippen molar-refractivity contribution in [3.8, 4) is 11.1 Å². The molecule has 3 nitrogen and oxygen atoms in total. The molecule has 30 heavy (non-hydrogen) atoms. The molecule has 1 aliphatic heterocycles. The van der Waals surface area contributed by atoms with Crippen molar-refractivity contribution in [2.45, 2.75) is 6.04 Å².